The molecular weight excluding hydrogens is 286 g/mol. The molecule has 0 radical (unpaired) electrons. The van der Waals surface area contributed by atoms with Crippen LogP contribution in [0.5, 0.6) is 0 Å². The van der Waals surface area contributed by atoms with Crippen molar-refractivity contribution in [3.05, 3.63) is 5.01 Å². The Bertz CT molecular complexity index is 479. The van der Waals surface area contributed by atoms with E-state index >= 15 is 0 Å². The zero-order valence-corrected chi connectivity index (χ0v) is 14.4. The first kappa shape index (κ1) is 16.0. The van der Waals surface area contributed by atoms with Gasteiger partial charge >= 0.3 is 6.03 Å². The normalized spacial score (nSPS) is 16.4. The molecule has 2 amide bonds. The predicted octanol–water partition coefficient (Wildman–Crippen LogP) is 2.24. The van der Waals surface area contributed by atoms with E-state index in [2.05, 4.69) is 28.9 Å². The van der Waals surface area contributed by atoms with Crippen molar-refractivity contribution in [3.8, 4) is 0 Å². The van der Waals surface area contributed by atoms with Crippen LogP contribution in [-0.4, -0.2) is 66.3 Å². The molecule has 1 saturated heterocycles. The Morgan fingerprint density at radius 3 is 2.33 bits per heavy atom. The second-order valence-corrected chi connectivity index (χ2v) is 7.07. The Kier molecular flexibility index (Phi) is 5.03. The third-order valence-corrected chi connectivity index (χ3v) is 5.18. The van der Waals surface area contributed by atoms with Gasteiger partial charge in [0, 0.05) is 46.2 Å². The molecule has 7 heteroatoms. The van der Waals surface area contributed by atoms with E-state index in [1.165, 1.54) is 0 Å². The Balaban J connectivity index is 1.92. The first-order chi connectivity index (χ1) is 9.90. The maximum atomic E-state index is 12.0. The summed E-state index contributed by atoms with van der Waals surface area (Å²) in [6.45, 7) is 6.14. The summed E-state index contributed by atoms with van der Waals surface area (Å²) in [7, 11) is 5.48. The molecule has 1 aromatic rings. The van der Waals surface area contributed by atoms with E-state index in [0.29, 0.717) is 12.0 Å². The molecule has 2 rings (SSSR count). The van der Waals surface area contributed by atoms with Gasteiger partial charge in [-0.3, -0.25) is 0 Å². The number of rotatable bonds is 3. The van der Waals surface area contributed by atoms with Crippen molar-refractivity contribution in [1.29, 1.82) is 0 Å². The summed E-state index contributed by atoms with van der Waals surface area (Å²) in [4.78, 5) is 17.8. The second-order valence-electron chi connectivity index (χ2n) is 6.08. The molecule has 6 nitrogen and oxygen atoms in total. The monoisotopic (exact) mass is 311 g/mol. The van der Waals surface area contributed by atoms with Gasteiger partial charge in [0.05, 0.1) is 0 Å². The van der Waals surface area contributed by atoms with E-state index in [1.54, 1.807) is 30.3 Å². The highest BCUT2D eigenvalue weighted by Crippen LogP contribution is 2.28. The molecule has 0 saturated carbocycles. The number of urea groups is 1. The molecule has 0 unspecified atom stereocenters. The number of piperidine rings is 1. The summed E-state index contributed by atoms with van der Waals surface area (Å²) in [6, 6.07) is 0.389. The van der Waals surface area contributed by atoms with E-state index in [4.69, 9.17) is 0 Å². The van der Waals surface area contributed by atoms with Gasteiger partial charge in [-0.1, -0.05) is 25.2 Å². The number of hydrogen-bond donors (Lipinski definition) is 0. The lowest BCUT2D eigenvalue weighted by Crippen LogP contribution is -2.48. The van der Waals surface area contributed by atoms with E-state index in [9.17, 15) is 4.79 Å². The van der Waals surface area contributed by atoms with Gasteiger partial charge in [-0.2, -0.15) is 0 Å². The highest BCUT2D eigenvalue weighted by atomic mass is 32.1. The van der Waals surface area contributed by atoms with E-state index < -0.39 is 0 Å². The Morgan fingerprint density at radius 1 is 1.24 bits per heavy atom. The third kappa shape index (κ3) is 3.64. The van der Waals surface area contributed by atoms with Gasteiger partial charge in [0.1, 0.15) is 5.01 Å². The molecule has 21 heavy (non-hydrogen) atoms. The Labute approximate surface area is 130 Å². The van der Waals surface area contributed by atoms with Crippen molar-refractivity contribution < 1.29 is 4.79 Å². The predicted molar refractivity (Wildman–Crippen MR) is 86.1 cm³/mol. The summed E-state index contributed by atoms with van der Waals surface area (Å²) in [5, 5.41) is 10.7. The molecular formula is C14H25N5OS. The number of carbonyl (C=O) groups is 1. The van der Waals surface area contributed by atoms with Crippen LogP contribution >= 0.6 is 11.3 Å². The van der Waals surface area contributed by atoms with Gasteiger partial charge in [-0.15, -0.1) is 10.2 Å². The molecule has 0 spiro atoms. The number of aromatic nitrogens is 2. The highest BCUT2D eigenvalue weighted by Gasteiger charge is 2.27. The highest BCUT2D eigenvalue weighted by molar-refractivity contribution is 7.15. The maximum Gasteiger partial charge on any atom is 0.319 e. The number of carbonyl (C=O) groups excluding carboxylic acids is 1. The molecule has 0 aromatic carbocycles. The minimum absolute atomic E-state index is 0.0754. The maximum absolute atomic E-state index is 12.0. The molecule has 0 N–H and O–H groups in total. The lowest BCUT2D eigenvalue weighted by molar-refractivity contribution is 0.155. The van der Waals surface area contributed by atoms with Gasteiger partial charge in [-0.05, 0) is 12.8 Å². The fourth-order valence-electron chi connectivity index (χ4n) is 2.50. The summed E-state index contributed by atoms with van der Waals surface area (Å²) in [5.41, 5.74) is 0. The fourth-order valence-corrected chi connectivity index (χ4v) is 3.40. The van der Waals surface area contributed by atoms with E-state index in [1.807, 2.05) is 11.9 Å². The zero-order chi connectivity index (χ0) is 15.6. The SMILES string of the molecule is CC(C)c1nnc(N2CCC(N(C)C(=O)N(C)C)CC2)s1. The average Bonchev–Trinajstić information content (AvgIpc) is 2.96. The molecule has 1 fully saturated rings. The molecule has 1 aromatic heterocycles. The van der Waals surface area contributed by atoms with E-state index in [0.717, 1.165) is 36.1 Å². The van der Waals surface area contributed by atoms with Gasteiger partial charge in [0.25, 0.3) is 0 Å². The summed E-state index contributed by atoms with van der Waals surface area (Å²) in [6.07, 6.45) is 1.96. The van der Waals surface area contributed by atoms with Crippen LogP contribution in [0.2, 0.25) is 0 Å². The lowest BCUT2D eigenvalue weighted by Gasteiger charge is -2.37. The van der Waals surface area contributed by atoms with Gasteiger partial charge in [0.2, 0.25) is 5.13 Å². The fraction of sp³-hybridized carbons (Fsp3) is 0.786. The Hall–Kier alpha value is -1.37. The minimum atomic E-state index is 0.0754. The second kappa shape index (κ2) is 6.60. The van der Waals surface area contributed by atoms with Crippen LogP contribution in [0.25, 0.3) is 0 Å². The van der Waals surface area contributed by atoms with Crippen LogP contribution in [0, 0.1) is 0 Å². The van der Waals surface area contributed by atoms with Crippen molar-refractivity contribution >= 4 is 22.5 Å². The summed E-state index contributed by atoms with van der Waals surface area (Å²) in [5.74, 6) is 0.428. The number of amides is 2. The largest absolute Gasteiger partial charge is 0.347 e. The minimum Gasteiger partial charge on any atom is -0.347 e. The molecule has 0 bridgehead atoms. The van der Waals surface area contributed by atoms with Crippen LogP contribution in [0.3, 0.4) is 0 Å². The molecule has 1 aliphatic rings. The van der Waals surface area contributed by atoms with Crippen LogP contribution in [0.1, 0.15) is 37.6 Å². The molecule has 0 aliphatic carbocycles. The van der Waals surface area contributed by atoms with Crippen molar-refractivity contribution in [3.63, 3.8) is 0 Å². The third-order valence-electron chi connectivity index (χ3n) is 3.89. The number of nitrogens with zero attached hydrogens (tertiary/aromatic N) is 5. The first-order valence-corrected chi connectivity index (χ1v) is 8.24. The summed E-state index contributed by atoms with van der Waals surface area (Å²) < 4.78 is 0. The Morgan fingerprint density at radius 2 is 1.86 bits per heavy atom. The molecule has 118 valence electrons. The summed E-state index contributed by atoms with van der Waals surface area (Å²) >= 11 is 1.68. The van der Waals surface area contributed by atoms with Crippen LogP contribution in [0.4, 0.5) is 9.93 Å². The lowest BCUT2D eigenvalue weighted by atomic mass is 10.0. The van der Waals surface area contributed by atoms with Gasteiger partial charge in [0.15, 0.2) is 0 Å². The molecule has 0 atom stereocenters. The number of hydrogen-bond acceptors (Lipinski definition) is 5. The molecule has 1 aliphatic heterocycles. The van der Waals surface area contributed by atoms with Crippen molar-refractivity contribution in [2.75, 3.05) is 39.1 Å². The topological polar surface area (TPSA) is 52.6 Å². The van der Waals surface area contributed by atoms with Crippen LogP contribution < -0.4 is 4.90 Å². The smallest absolute Gasteiger partial charge is 0.319 e. The van der Waals surface area contributed by atoms with Crippen molar-refractivity contribution in [2.24, 2.45) is 0 Å². The molecule has 2 heterocycles. The van der Waals surface area contributed by atoms with Crippen LogP contribution in [-0.2, 0) is 0 Å². The van der Waals surface area contributed by atoms with Crippen LogP contribution in [0.15, 0.2) is 0 Å². The first-order valence-electron chi connectivity index (χ1n) is 7.42. The average molecular weight is 311 g/mol. The quantitative estimate of drug-likeness (QED) is 0.859. The van der Waals surface area contributed by atoms with E-state index in [-0.39, 0.29) is 6.03 Å². The van der Waals surface area contributed by atoms with Crippen molar-refractivity contribution in [2.45, 2.75) is 38.6 Å². The van der Waals surface area contributed by atoms with Gasteiger partial charge in [-0.25, -0.2) is 4.79 Å². The van der Waals surface area contributed by atoms with Crippen molar-refractivity contribution in [1.82, 2.24) is 20.0 Å². The number of anilines is 1. The standard InChI is InChI=1S/C14H25N5OS/c1-10(2)12-15-16-13(21-12)19-8-6-11(7-9-19)18(5)14(20)17(3)4/h10-11H,6-9H2,1-5H3. The zero-order valence-electron chi connectivity index (χ0n) is 13.5. The van der Waals surface area contributed by atoms with Gasteiger partial charge < -0.3 is 14.7 Å².